The standard InChI is InChI=1S/C25H30N2O6/c1-26(2)13-8-14-27-21(18-11-7-12-19(32-4)24(18)33-5)20(23(29)25(27)30)22(28)16-9-6-10-17(15-16)31-3/h6-7,9-12,15,21,28H,8,13-14H2,1-5H3/t21-/m0/s1. The number of ketones is 1. The molecule has 1 aliphatic rings. The molecule has 0 bridgehead atoms. The lowest BCUT2D eigenvalue weighted by Crippen LogP contribution is -2.32. The van der Waals surface area contributed by atoms with Crippen LogP contribution in [0, 0.1) is 0 Å². The van der Waals surface area contributed by atoms with Gasteiger partial charge in [-0.1, -0.05) is 24.3 Å². The molecule has 1 N–H and O–H groups in total. The molecule has 1 amide bonds. The molecule has 1 aliphatic heterocycles. The fraction of sp³-hybridized carbons (Fsp3) is 0.360. The molecule has 8 heteroatoms. The van der Waals surface area contributed by atoms with E-state index in [1.165, 1.54) is 26.2 Å². The van der Waals surface area contributed by atoms with Gasteiger partial charge in [-0.2, -0.15) is 0 Å². The number of hydrogen-bond donors (Lipinski definition) is 1. The van der Waals surface area contributed by atoms with Crippen molar-refractivity contribution >= 4 is 17.4 Å². The lowest BCUT2D eigenvalue weighted by molar-refractivity contribution is -0.140. The summed E-state index contributed by atoms with van der Waals surface area (Å²) in [6.45, 7) is 1.07. The molecule has 0 aliphatic carbocycles. The summed E-state index contributed by atoms with van der Waals surface area (Å²) in [5.41, 5.74) is 0.947. The zero-order valence-electron chi connectivity index (χ0n) is 19.6. The molecule has 0 radical (unpaired) electrons. The zero-order valence-corrected chi connectivity index (χ0v) is 19.6. The third kappa shape index (κ3) is 4.80. The first-order chi connectivity index (χ1) is 15.8. The number of rotatable bonds is 9. The molecule has 2 aromatic carbocycles. The fourth-order valence-electron chi connectivity index (χ4n) is 4.04. The SMILES string of the molecule is COc1cccc(C(O)=C2C(=O)C(=O)N(CCCN(C)C)[C@H]2c2cccc(OC)c2OC)c1. The van der Waals surface area contributed by atoms with Crippen molar-refractivity contribution < 1.29 is 28.9 Å². The minimum atomic E-state index is -0.830. The monoisotopic (exact) mass is 454 g/mol. The number of hydrogen-bond acceptors (Lipinski definition) is 7. The molecular formula is C25H30N2O6. The number of aliphatic hydroxyl groups excluding tert-OH is 1. The minimum Gasteiger partial charge on any atom is -0.507 e. The quantitative estimate of drug-likeness (QED) is 0.354. The molecule has 0 aromatic heterocycles. The second kappa shape index (κ2) is 10.4. The highest BCUT2D eigenvalue weighted by molar-refractivity contribution is 6.46. The minimum absolute atomic E-state index is 0.00431. The van der Waals surface area contributed by atoms with Crippen molar-refractivity contribution in [3.8, 4) is 17.2 Å². The van der Waals surface area contributed by atoms with E-state index in [-0.39, 0.29) is 11.3 Å². The van der Waals surface area contributed by atoms with Crippen LogP contribution in [0.15, 0.2) is 48.0 Å². The van der Waals surface area contributed by atoms with E-state index in [9.17, 15) is 14.7 Å². The summed E-state index contributed by atoms with van der Waals surface area (Å²) >= 11 is 0. The molecule has 1 heterocycles. The Bertz CT molecular complexity index is 1060. The Kier molecular flexibility index (Phi) is 7.60. The average molecular weight is 455 g/mol. The third-order valence-corrected chi connectivity index (χ3v) is 5.62. The number of aliphatic hydroxyl groups is 1. The van der Waals surface area contributed by atoms with Gasteiger partial charge < -0.3 is 29.1 Å². The van der Waals surface area contributed by atoms with Crippen molar-refractivity contribution in [3.05, 3.63) is 59.2 Å². The molecule has 1 atom stereocenters. The molecule has 2 aromatic rings. The van der Waals surface area contributed by atoms with Gasteiger partial charge in [-0.3, -0.25) is 9.59 Å². The van der Waals surface area contributed by atoms with Crippen LogP contribution in [0.4, 0.5) is 0 Å². The van der Waals surface area contributed by atoms with Crippen LogP contribution in [-0.4, -0.2) is 75.1 Å². The highest BCUT2D eigenvalue weighted by atomic mass is 16.5. The molecular weight excluding hydrogens is 424 g/mol. The number of carbonyl (C=O) groups excluding carboxylic acids is 2. The van der Waals surface area contributed by atoms with Gasteiger partial charge in [0.2, 0.25) is 0 Å². The van der Waals surface area contributed by atoms with Gasteiger partial charge in [0.05, 0.1) is 32.9 Å². The van der Waals surface area contributed by atoms with Crippen molar-refractivity contribution in [1.82, 2.24) is 9.80 Å². The number of amides is 1. The van der Waals surface area contributed by atoms with Crippen LogP contribution < -0.4 is 14.2 Å². The zero-order chi connectivity index (χ0) is 24.1. The summed E-state index contributed by atoms with van der Waals surface area (Å²) in [5.74, 6) is -0.272. The van der Waals surface area contributed by atoms with Crippen molar-refractivity contribution in [2.45, 2.75) is 12.5 Å². The van der Waals surface area contributed by atoms with Gasteiger partial charge in [-0.25, -0.2) is 0 Å². The van der Waals surface area contributed by atoms with Crippen molar-refractivity contribution in [3.63, 3.8) is 0 Å². The molecule has 0 saturated carbocycles. The maximum absolute atomic E-state index is 13.2. The first-order valence-corrected chi connectivity index (χ1v) is 10.6. The van der Waals surface area contributed by atoms with Crippen molar-refractivity contribution in [2.24, 2.45) is 0 Å². The number of nitrogens with zero attached hydrogens (tertiary/aromatic N) is 2. The number of carbonyl (C=O) groups is 2. The highest BCUT2D eigenvalue weighted by Crippen LogP contribution is 2.45. The first kappa shape index (κ1) is 24.1. The number of methoxy groups -OCH3 is 3. The smallest absolute Gasteiger partial charge is 0.295 e. The molecule has 176 valence electrons. The molecule has 0 unspecified atom stereocenters. The summed E-state index contributed by atoms with van der Waals surface area (Å²) in [6, 6.07) is 11.2. The van der Waals surface area contributed by atoms with Crippen LogP contribution in [0.2, 0.25) is 0 Å². The Balaban J connectivity index is 2.20. The molecule has 33 heavy (non-hydrogen) atoms. The Morgan fingerprint density at radius 3 is 2.39 bits per heavy atom. The summed E-state index contributed by atoms with van der Waals surface area (Å²) in [7, 11) is 8.43. The predicted octanol–water partition coefficient (Wildman–Crippen LogP) is 3.09. The van der Waals surface area contributed by atoms with E-state index in [1.807, 2.05) is 19.0 Å². The van der Waals surface area contributed by atoms with E-state index >= 15 is 0 Å². The second-order valence-electron chi connectivity index (χ2n) is 7.96. The van der Waals surface area contributed by atoms with Crippen LogP contribution >= 0.6 is 0 Å². The van der Waals surface area contributed by atoms with Crippen molar-refractivity contribution in [2.75, 3.05) is 48.5 Å². The first-order valence-electron chi connectivity index (χ1n) is 10.6. The van der Waals surface area contributed by atoms with Crippen LogP contribution in [0.3, 0.4) is 0 Å². The van der Waals surface area contributed by atoms with Crippen LogP contribution in [-0.2, 0) is 9.59 Å². The summed E-state index contributed by atoms with van der Waals surface area (Å²) < 4.78 is 16.3. The molecule has 8 nitrogen and oxygen atoms in total. The fourth-order valence-corrected chi connectivity index (χ4v) is 4.04. The van der Waals surface area contributed by atoms with Gasteiger partial charge in [0.1, 0.15) is 11.5 Å². The summed E-state index contributed by atoms with van der Waals surface area (Å²) in [4.78, 5) is 29.8. The van der Waals surface area contributed by atoms with Gasteiger partial charge in [-0.05, 0) is 45.3 Å². The van der Waals surface area contributed by atoms with Crippen LogP contribution in [0.25, 0.3) is 5.76 Å². The average Bonchev–Trinajstić information content (AvgIpc) is 3.07. The Morgan fingerprint density at radius 2 is 1.76 bits per heavy atom. The van der Waals surface area contributed by atoms with Gasteiger partial charge in [-0.15, -0.1) is 0 Å². The topological polar surface area (TPSA) is 88.5 Å². The van der Waals surface area contributed by atoms with E-state index in [0.717, 1.165) is 6.54 Å². The normalized spacial score (nSPS) is 17.5. The van der Waals surface area contributed by atoms with Crippen LogP contribution in [0.1, 0.15) is 23.6 Å². The number of para-hydroxylation sites is 1. The van der Waals surface area contributed by atoms with Gasteiger partial charge >= 0.3 is 0 Å². The summed E-state index contributed by atoms with van der Waals surface area (Å²) in [5, 5.41) is 11.2. The number of ether oxygens (including phenoxy) is 3. The molecule has 3 rings (SSSR count). The number of benzene rings is 2. The Morgan fingerprint density at radius 1 is 1.03 bits per heavy atom. The van der Waals surface area contributed by atoms with Crippen molar-refractivity contribution in [1.29, 1.82) is 0 Å². The largest absolute Gasteiger partial charge is 0.507 e. The lowest BCUT2D eigenvalue weighted by atomic mass is 9.94. The highest BCUT2D eigenvalue weighted by Gasteiger charge is 2.47. The third-order valence-electron chi connectivity index (χ3n) is 5.62. The number of Topliss-reactive ketones (excluding diaryl/α,β-unsaturated/α-hetero) is 1. The molecule has 1 saturated heterocycles. The lowest BCUT2D eigenvalue weighted by Gasteiger charge is -2.27. The van der Waals surface area contributed by atoms with Gasteiger partial charge in [0, 0.05) is 17.7 Å². The van der Waals surface area contributed by atoms with E-state index in [0.29, 0.717) is 41.3 Å². The van der Waals surface area contributed by atoms with E-state index in [1.54, 1.807) is 42.5 Å². The molecule has 1 fully saturated rings. The Labute approximate surface area is 194 Å². The predicted molar refractivity (Wildman–Crippen MR) is 125 cm³/mol. The summed E-state index contributed by atoms with van der Waals surface area (Å²) in [6.07, 6.45) is 0.655. The van der Waals surface area contributed by atoms with E-state index < -0.39 is 17.7 Å². The van der Waals surface area contributed by atoms with Gasteiger partial charge in [0.15, 0.2) is 11.5 Å². The van der Waals surface area contributed by atoms with Gasteiger partial charge in [0.25, 0.3) is 11.7 Å². The Hall–Kier alpha value is -3.52. The van der Waals surface area contributed by atoms with Crippen LogP contribution in [0.5, 0.6) is 17.2 Å². The second-order valence-corrected chi connectivity index (χ2v) is 7.96. The number of likely N-dealkylation sites (tertiary alicyclic amines) is 1. The molecule has 0 spiro atoms. The maximum atomic E-state index is 13.2. The van der Waals surface area contributed by atoms with E-state index in [2.05, 4.69) is 0 Å². The van der Waals surface area contributed by atoms with E-state index in [4.69, 9.17) is 14.2 Å². The maximum Gasteiger partial charge on any atom is 0.295 e.